The van der Waals surface area contributed by atoms with Crippen LogP contribution in [-0.4, -0.2) is 46.2 Å². The fourth-order valence-corrected chi connectivity index (χ4v) is 3.08. The van der Waals surface area contributed by atoms with Gasteiger partial charge in [0.15, 0.2) is 5.82 Å². The highest BCUT2D eigenvalue weighted by Gasteiger charge is 2.32. The number of aromatic nitrogens is 7. The Morgan fingerprint density at radius 3 is 2.83 bits per heavy atom. The van der Waals surface area contributed by atoms with E-state index in [0.29, 0.717) is 17.0 Å². The molecule has 1 aromatic carbocycles. The lowest BCUT2D eigenvalue weighted by atomic mass is 10.1. The van der Waals surface area contributed by atoms with Crippen molar-refractivity contribution in [2.75, 3.05) is 0 Å². The molecule has 0 aliphatic rings. The molecule has 0 bridgehead atoms. The first-order valence-electron chi connectivity index (χ1n) is 7.58. The number of rotatable bonds is 6. The molecule has 0 aliphatic carbocycles. The minimum Gasteiger partial charge on any atom is -0.258 e. The Hall–Kier alpha value is -3.14. The van der Waals surface area contributed by atoms with Crippen LogP contribution >= 0.6 is 24.0 Å². The summed E-state index contributed by atoms with van der Waals surface area (Å²) in [7, 11) is 1.65. The van der Waals surface area contributed by atoms with Gasteiger partial charge in [0.2, 0.25) is 9.93 Å². The van der Waals surface area contributed by atoms with Crippen LogP contribution in [0.15, 0.2) is 28.5 Å². The Morgan fingerprint density at radius 2 is 2.21 bits per heavy atom. The summed E-state index contributed by atoms with van der Waals surface area (Å²) in [6, 6.07) is 2.16. The maximum atomic E-state index is 12.8. The second-order valence-electron chi connectivity index (χ2n) is 5.40. The summed E-state index contributed by atoms with van der Waals surface area (Å²) in [5.41, 5.74) is -1.99. The third-order valence-electron chi connectivity index (χ3n) is 3.50. The Labute approximate surface area is 168 Å². The molecule has 0 fully saturated rings. The number of hydrogen-bond acceptors (Lipinski definition) is 9. The van der Waals surface area contributed by atoms with Crippen molar-refractivity contribution in [3.63, 3.8) is 0 Å². The number of nitrogens with one attached hydrogen (secondary N) is 1. The van der Waals surface area contributed by atoms with Crippen LogP contribution in [-0.2, 0) is 19.0 Å². The molecule has 0 aliphatic heterocycles. The fraction of sp³-hybridized carbons (Fsp3) is 0.231. The monoisotopic (exact) mass is 445 g/mol. The molecule has 0 spiro atoms. The number of nitro benzene ring substituents is 1. The second-order valence-corrected chi connectivity index (χ2v) is 6.73. The number of nitro groups is 1. The summed E-state index contributed by atoms with van der Waals surface area (Å²) in [6.45, 7) is 0. The van der Waals surface area contributed by atoms with Crippen molar-refractivity contribution in [2.45, 2.75) is 17.1 Å². The maximum absolute atomic E-state index is 12.8. The molecule has 29 heavy (non-hydrogen) atoms. The second kappa shape index (κ2) is 8.08. The van der Waals surface area contributed by atoms with E-state index < -0.39 is 22.4 Å². The molecule has 152 valence electrons. The van der Waals surface area contributed by atoms with Gasteiger partial charge in [0.1, 0.15) is 0 Å². The molecule has 0 unspecified atom stereocenters. The summed E-state index contributed by atoms with van der Waals surface area (Å²) < 4.78 is 41.2. The van der Waals surface area contributed by atoms with E-state index in [1.54, 1.807) is 7.05 Å². The number of H-pyrrole nitrogens is 1. The molecule has 2 aromatic heterocycles. The van der Waals surface area contributed by atoms with E-state index in [0.717, 1.165) is 18.3 Å². The number of thioether (sulfide) groups is 1. The summed E-state index contributed by atoms with van der Waals surface area (Å²) in [5, 5.41) is 33.2. The predicted molar refractivity (Wildman–Crippen MR) is 96.9 cm³/mol. The van der Waals surface area contributed by atoms with E-state index in [-0.39, 0.29) is 16.1 Å². The van der Waals surface area contributed by atoms with Crippen LogP contribution in [0, 0.1) is 14.9 Å². The molecule has 0 radical (unpaired) electrons. The van der Waals surface area contributed by atoms with Gasteiger partial charge >= 0.3 is 6.18 Å². The van der Waals surface area contributed by atoms with Crippen molar-refractivity contribution < 1.29 is 18.1 Å². The van der Waals surface area contributed by atoms with Crippen molar-refractivity contribution in [3.8, 4) is 0 Å². The molecule has 3 rings (SSSR count). The van der Waals surface area contributed by atoms with E-state index in [2.05, 4.69) is 30.8 Å². The van der Waals surface area contributed by atoms with E-state index in [9.17, 15) is 23.3 Å². The molecule has 0 saturated heterocycles. The van der Waals surface area contributed by atoms with Gasteiger partial charge in [0, 0.05) is 13.1 Å². The fourth-order valence-electron chi connectivity index (χ4n) is 2.12. The number of hydrogen-bond donors (Lipinski definition) is 1. The minimum atomic E-state index is -4.70. The SMILES string of the molecule is Cn1nnnc1SCc1n[nH]c(=S)n1/N=C/c1ccc(C(F)(F)F)cc1[N+](=O)[O-]. The van der Waals surface area contributed by atoms with Gasteiger partial charge in [-0.15, -0.1) is 5.10 Å². The zero-order chi connectivity index (χ0) is 21.2. The van der Waals surface area contributed by atoms with Crippen molar-refractivity contribution >= 4 is 35.9 Å². The highest BCUT2D eigenvalue weighted by Crippen LogP contribution is 2.32. The molecule has 0 amide bonds. The Bertz CT molecular complexity index is 1140. The highest BCUT2D eigenvalue weighted by molar-refractivity contribution is 7.98. The zero-order valence-corrected chi connectivity index (χ0v) is 16.0. The molecular formula is C13H10F3N9O2S2. The van der Waals surface area contributed by atoms with E-state index in [4.69, 9.17) is 12.2 Å². The van der Waals surface area contributed by atoms with Gasteiger partial charge in [-0.05, 0) is 34.8 Å². The van der Waals surface area contributed by atoms with E-state index in [1.807, 2.05) is 0 Å². The molecule has 2 heterocycles. The summed E-state index contributed by atoms with van der Waals surface area (Å²) in [4.78, 5) is 10.3. The standard InChI is InChI=1S/C13H10F3N9O2S2/c1-23-12(20-21-22-23)29-6-10-18-19-11(28)24(10)17-5-7-2-3-8(13(14,15)16)4-9(7)25(26)27/h2-5H,6H2,1H3,(H,19,28)/b17-5+. The summed E-state index contributed by atoms with van der Waals surface area (Å²) in [6.07, 6.45) is -3.66. The van der Waals surface area contributed by atoms with Crippen LogP contribution in [0.5, 0.6) is 0 Å². The van der Waals surface area contributed by atoms with Crippen LogP contribution in [0.4, 0.5) is 18.9 Å². The topological polar surface area (TPSA) is 133 Å². The molecule has 0 saturated carbocycles. The highest BCUT2D eigenvalue weighted by atomic mass is 32.2. The number of halogens is 3. The first kappa shape index (κ1) is 20.6. The first-order chi connectivity index (χ1) is 13.7. The third kappa shape index (κ3) is 4.65. The van der Waals surface area contributed by atoms with Crippen molar-refractivity contribution in [1.82, 2.24) is 35.1 Å². The van der Waals surface area contributed by atoms with Crippen LogP contribution in [0.3, 0.4) is 0 Å². The lowest BCUT2D eigenvalue weighted by molar-refractivity contribution is -0.385. The summed E-state index contributed by atoms with van der Waals surface area (Å²) >= 11 is 6.31. The average molecular weight is 445 g/mol. The summed E-state index contributed by atoms with van der Waals surface area (Å²) in [5.74, 6) is 0.613. The Morgan fingerprint density at radius 1 is 1.45 bits per heavy atom. The molecule has 3 aromatic rings. The Balaban J connectivity index is 1.88. The van der Waals surface area contributed by atoms with Gasteiger partial charge in [-0.2, -0.15) is 28.0 Å². The number of aryl methyl sites for hydroxylation is 1. The number of benzene rings is 1. The lowest BCUT2D eigenvalue weighted by Gasteiger charge is -2.07. The van der Waals surface area contributed by atoms with Crippen LogP contribution in [0.25, 0.3) is 0 Å². The normalized spacial score (nSPS) is 12.0. The smallest absolute Gasteiger partial charge is 0.258 e. The largest absolute Gasteiger partial charge is 0.416 e. The quantitative estimate of drug-likeness (QED) is 0.201. The van der Waals surface area contributed by atoms with Gasteiger partial charge < -0.3 is 0 Å². The Kier molecular flexibility index (Phi) is 5.73. The van der Waals surface area contributed by atoms with Gasteiger partial charge in [0.05, 0.1) is 28.0 Å². The maximum Gasteiger partial charge on any atom is 0.416 e. The third-order valence-corrected chi connectivity index (χ3v) is 4.77. The van der Waals surface area contributed by atoms with Crippen molar-refractivity contribution in [1.29, 1.82) is 0 Å². The first-order valence-corrected chi connectivity index (χ1v) is 8.97. The van der Waals surface area contributed by atoms with Crippen molar-refractivity contribution in [3.05, 3.63) is 50.0 Å². The van der Waals surface area contributed by atoms with Crippen LogP contribution in [0.2, 0.25) is 0 Å². The lowest BCUT2D eigenvalue weighted by Crippen LogP contribution is -2.07. The van der Waals surface area contributed by atoms with Gasteiger partial charge in [-0.3, -0.25) is 15.2 Å². The molecule has 11 nitrogen and oxygen atoms in total. The number of nitrogens with zero attached hydrogens (tertiary/aromatic N) is 8. The van der Waals surface area contributed by atoms with Gasteiger partial charge in [-0.1, -0.05) is 11.8 Å². The van der Waals surface area contributed by atoms with Crippen LogP contribution < -0.4 is 0 Å². The van der Waals surface area contributed by atoms with E-state index >= 15 is 0 Å². The van der Waals surface area contributed by atoms with Gasteiger partial charge in [0.25, 0.3) is 5.69 Å². The molecular weight excluding hydrogens is 435 g/mol. The zero-order valence-electron chi connectivity index (χ0n) is 14.4. The number of alkyl halides is 3. The van der Waals surface area contributed by atoms with E-state index in [1.165, 1.54) is 21.1 Å². The molecule has 0 atom stereocenters. The molecule has 1 N–H and O–H groups in total. The van der Waals surface area contributed by atoms with Gasteiger partial charge in [-0.25, -0.2) is 4.68 Å². The number of tetrazole rings is 1. The van der Waals surface area contributed by atoms with Crippen LogP contribution in [0.1, 0.15) is 17.0 Å². The number of aromatic amines is 1. The minimum absolute atomic E-state index is 0.0995. The molecule has 16 heteroatoms. The van der Waals surface area contributed by atoms with Crippen molar-refractivity contribution in [2.24, 2.45) is 12.1 Å². The average Bonchev–Trinajstić information content (AvgIpc) is 3.22. The predicted octanol–water partition coefficient (Wildman–Crippen LogP) is 2.57.